The first-order valence-electron chi connectivity index (χ1n) is 22.3. The number of aliphatic hydroxyl groups is 1. The fourth-order valence-electron chi connectivity index (χ4n) is 8.49. The number of phenols is 1. The number of amides is 2. The van der Waals surface area contributed by atoms with Crippen molar-refractivity contribution >= 4 is 28.9 Å². The highest BCUT2D eigenvalue weighted by Crippen LogP contribution is 2.31. The third-order valence-corrected chi connectivity index (χ3v) is 12.0. The molecule has 14 nitrogen and oxygen atoms in total. The van der Waals surface area contributed by atoms with Gasteiger partial charge in [0.25, 0.3) is 5.91 Å². The van der Waals surface area contributed by atoms with Gasteiger partial charge >= 0.3 is 12.1 Å². The van der Waals surface area contributed by atoms with Gasteiger partial charge < -0.3 is 45.4 Å². The zero-order valence-electron chi connectivity index (χ0n) is 36.5. The van der Waals surface area contributed by atoms with Crippen molar-refractivity contribution in [1.82, 2.24) is 25.8 Å². The second-order valence-electron chi connectivity index (χ2n) is 17.2. The largest absolute Gasteiger partial charge is 0.506 e. The maximum Gasteiger partial charge on any atom is 0.408 e. The van der Waals surface area contributed by atoms with Gasteiger partial charge in [-0.2, -0.15) is 0 Å². The van der Waals surface area contributed by atoms with Crippen molar-refractivity contribution < 1.29 is 38.8 Å². The van der Waals surface area contributed by atoms with Gasteiger partial charge in [-0.25, -0.2) is 9.59 Å². The number of piperidine rings is 3. The molecule has 0 spiro atoms. The van der Waals surface area contributed by atoms with E-state index in [-0.39, 0.29) is 54.5 Å². The van der Waals surface area contributed by atoms with E-state index in [1.54, 1.807) is 24.3 Å². The monoisotopic (exact) mass is 873 g/mol. The van der Waals surface area contributed by atoms with Crippen LogP contribution >= 0.6 is 0 Å². The van der Waals surface area contributed by atoms with Crippen LogP contribution in [0.5, 0.6) is 11.5 Å². The van der Waals surface area contributed by atoms with Crippen LogP contribution < -0.4 is 26.2 Å². The third kappa shape index (κ3) is 12.3. The van der Waals surface area contributed by atoms with E-state index in [0.29, 0.717) is 54.0 Å². The van der Waals surface area contributed by atoms with E-state index in [4.69, 9.17) is 14.2 Å². The number of benzene rings is 4. The van der Waals surface area contributed by atoms with E-state index < -0.39 is 30.3 Å². The van der Waals surface area contributed by atoms with Crippen molar-refractivity contribution in [2.24, 2.45) is 11.8 Å². The molecule has 3 unspecified atom stereocenters. The number of alkyl carbamates (subject to hydrolysis) is 1. The van der Waals surface area contributed by atoms with E-state index in [1.807, 2.05) is 80.6 Å². The molecule has 64 heavy (non-hydrogen) atoms. The molecular weight excluding hydrogens is 815 g/mol. The Bertz CT molecular complexity index is 2400. The molecule has 2 amide bonds. The summed E-state index contributed by atoms with van der Waals surface area (Å²) in [5.74, 6) is 0.205. The number of aromatic amines is 1. The van der Waals surface area contributed by atoms with Gasteiger partial charge in [0.1, 0.15) is 30.3 Å². The topological polar surface area (TPSA) is 192 Å². The Morgan fingerprint density at radius 2 is 1.64 bits per heavy atom. The Morgan fingerprint density at radius 3 is 2.38 bits per heavy atom. The van der Waals surface area contributed by atoms with Crippen LogP contribution in [0.2, 0.25) is 0 Å². The van der Waals surface area contributed by atoms with Gasteiger partial charge in [0.2, 0.25) is 5.56 Å². The number of rotatable bonds is 20. The first-order chi connectivity index (χ1) is 31.0. The number of pyridine rings is 1. The highest BCUT2D eigenvalue weighted by atomic mass is 16.6. The number of fused-ring (bicyclic) bond motifs is 4. The van der Waals surface area contributed by atoms with Gasteiger partial charge in [0.05, 0.1) is 24.3 Å². The maximum atomic E-state index is 13.3. The molecule has 3 aliphatic rings. The number of carbonyl (C=O) groups excluding carboxylic acids is 3. The lowest BCUT2D eigenvalue weighted by atomic mass is 9.86. The van der Waals surface area contributed by atoms with Crippen LogP contribution in [0, 0.1) is 11.8 Å². The number of H-pyrrole nitrogens is 1. The molecule has 4 heterocycles. The first-order valence-corrected chi connectivity index (χ1v) is 22.3. The number of hydrogen-bond acceptors (Lipinski definition) is 11. The van der Waals surface area contributed by atoms with E-state index >= 15 is 0 Å². The van der Waals surface area contributed by atoms with E-state index in [1.165, 1.54) is 12.1 Å². The Hall–Kier alpha value is -6.22. The zero-order valence-corrected chi connectivity index (χ0v) is 36.5. The summed E-state index contributed by atoms with van der Waals surface area (Å²) in [6, 6.07) is 29.2. The van der Waals surface area contributed by atoms with Gasteiger partial charge in [-0.3, -0.25) is 14.5 Å². The highest BCUT2D eigenvalue weighted by Gasteiger charge is 2.37. The summed E-state index contributed by atoms with van der Waals surface area (Å²) in [5, 5.41) is 30.6. The minimum Gasteiger partial charge on any atom is -0.506 e. The number of unbranched alkanes of at least 4 members (excludes halogenated alkanes) is 1. The van der Waals surface area contributed by atoms with Crippen LogP contribution in [0.4, 0.5) is 4.79 Å². The molecule has 3 saturated heterocycles. The average Bonchev–Trinajstić information content (AvgIpc) is 3.30. The van der Waals surface area contributed by atoms with Crippen molar-refractivity contribution in [2.45, 2.75) is 76.9 Å². The number of carbonyl (C=O) groups is 3. The molecule has 3 aliphatic heterocycles. The summed E-state index contributed by atoms with van der Waals surface area (Å²) in [5.41, 5.74) is 3.52. The molecule has 4 aromatic carbocycles. The second-order valence-corrected chi connectivity index (χ2v) is 17.2. The predicted octanol–water partition coefficient (Wildman–Crippen LogP) is 6.51. The molecule has 2 bridgehead atoms. The number of nitrogens with one attached hydrogen (secondary N) is 4. The first kappa shape index (κ1) is 45.8. The summed E-state index contributed by atoms with van der Waals surface area (Å²) < 4.78 is 17.7. The lowest BCUT2D eigenvalue weighted by Gasteiger charge is -2.43. The van der Waals surface area contributed by atoms with E-state index in [9.17, 15) is 29.4 Å². The lowest BCUT2D eigenvalue weighted by molar-refractivity contribution is -0.146. The minimum atomic E-state index is -0.873. The maximum absolute atomic E-state index is 13.3. The normalized spacial score (nSPS) is 18.2. The summed E-state index contributed by atoms with van der Waals surface area (Å²) in [6.07, 6.45) is 2.36. The standard InChI is InChI=1S/C50H59N5O9/c1-32(2)27-41(49(60)62-26-7-6-23-51-29-43(57)39-17-19-42(56)47-40(39)18-20-45(58)53-47)52-48(59)36-15-13-33(14-16-36)31-63-38-12-8-11-37(28-38)46(35-9-4-3-5-10-35)54-50(61)64-44-30-55-24-21-34(44)22-25-55/h3-5,8-20,28,32,34,41,43-44,46,51,56-57H,6-7,21-27,29-31H2,1-2H3,(H,52,59)(H,53,58)(H,54,61)/t41?,43?,44?,46-/m0/s1. The van der Waals surface area contributed by atoms with Gasteiger partial charge in [0.15, 0.2) is 0 Å². The average molecular weight is 874 g/mol. The summed E-state index contributed by atoms with van der Waals surface area (Å²) in [7, 11) is 0. The Morgan fingerprint density at radius 1 is 0.875 bits per heavy atom. The Balaban J connectivity index is 0.858. The van der Waals surface area contributed by atoms with Gasteiger partial charge in [0, 0.05) is 30.1 Å². The van der Waals surface area contributed by atoms with Crippen molar-refractivity contribution in [3.8, 4) is 11.5 Å². The fraction of sp³-hybridized carbons (Fsp3) is 0.400. The number of aromatic nitrogens is 1. The fourth-order valence-corrected chi connectivity index (χ4v) is 8.49. The van der Waals surface area contributed by atoms with Gasteiger partial charge in [-0.05, 0) is 122 Å². The molecule has 0 aliphatic carbocycles. The number of aliphatic hydroxyl groups excluding tert-OH is 1. The van der Waals surface area contributed by atoms with Crippen LogP contribution in [0.3, 0.4) is 0 Å². The molecule has 4 atom stereocenters. The van der Waals surface area contributed by atoms with Crippen LogP contribution in [-0.2, 0) is 20.9 Å². The minimum absolute atomic E-state index is 0.0690. The molecule has 1 aromatic heterocycles. The molecular formula is C50H59N5O9. The number of nitrogens with zero attached hydrogens (tertiary/aromatic N) is 1. The van der Waals surface area contributed by atoms with E-state index in [0.717, 1.165) is 49.2 Å². The molecule has 0 radical (unpaired) electrons. The summed E-state index contributed by atoms with van der Waals surface area (Å²) in [6.45, 7) is 8.09. The summed E-state index contributed by atoms with van der Waals surface area (Å²) in [4.78, 5) is 56.4. The van der Waals surface area contributed by atoms with Crippen molar-refractivity contribution in [1.29, 1.82) is 0 Å². The van der Waals surface area contributed by atoms with Crippen molar-refractivity contribution in [3.63, 3.8) is 0 Å². The third-order valence-electron chi connectivity index (χ3n) is 12.0. The Kier molecular flexibility index (Phi) is 15.7. The molecule has 338 valence electrons. The predicted molar refractivity (Wildman–Crippen MR) is 243 cm³/mol. The van der Waals surface area contributed by atoms with Crippen LogP contribution in [0.1, 0.15) is 90.7 Å². The van der Waals surface area contributed by atoms with Crippen LogP contribution in [0.15, 0.2) is 108 Å². The number of hydrogen-bond donors (Lipinski definition) is 6. The Labute approximate surface area is 373 Å². The zero-order chi connectivity index (χ0) is 45.0. The van der Waals surface area contributed by atoms with Crippen LogP contribution in [-0.4, -0.2) is 89.5 Å². The number of esters is 1. The molecule has 6 N–H and O–H groups in total. The lowest BCUT2D eigenvalue weighted by Crippen LogP contribution is -2.52. The molecule has 3 fully saturated rings. The van der Waals surface area contributed by atoms with Crippen molar-refractivity contribution in [3.05, 3.63) is 141 Å². The van der Waals surface area contributed by atoms with E-state index in [2.05, 4.69) is 25.8 Å². The molecule has 14 heteroatoms. The second kappa shape index (κ2) is 21.9. The van der Waals surface area contributed by atoms with Gasteiger partial charge in [-0.15, -0.1) is 0 Å². The molecule has 5 aromatic rings. The summed E-state index contributed by atoms with van der Waals surface area (Å²) >= 11 is 0. The molecule has 8 rings (SSSR count). The highest BCUT2D eigenvalue weighted by molar-refractivity contribution is 5.96. The number of aromatic hydroxyl groups is 1. The van der Waals surface area contributed by atoms with Crippen molar-refractivity contribution in [2.75, 3.05) is 39.3 Å². The quantitative estimate of drug-likeness (QED) is 0.0369. The SMILES string of the molecule is CC(C)CC(NC(=O)c1ccc(COc2cccc([C@@H](NC(=O)OC3CN4CCC3CC4)c3ccccc3)c2)cc1)C(=O)OCCCCNCC(O)c1ccc(O)c2[nH]c(=O)ccc12. The van der Waals surface area contributed by atoms with Gasteiger partial charge in [-0.1, -0.05) is 74.5 Å². The smallest absolute Gasteiger partial charge is 0.408 e. The number of phenolic OH excluding ortho intramolecular Hbond substituents is 1. The molecule has 0 saturated carbocycles. The number of ether oxygens (including phenoxy) is 3. The van der Waals surface area contributed by atoms with Crippen LogP contribution in [0.25, 0.3) is 10.9 Å².